The van der Waals surface area contributed by atoms with Gasteiger partial charge in [0.25, 0.3) is 5.91 Å². The van der Waals surface area contributed by atoms with Crippen molar-refractivity contribution in [3.8, 4) is 11.5 Å². The lowest BCUT2D eigenvalue weighted by atomic mass is 10.2. The maximum absolute atomic E-state index is 12.2. The van der Waals surface area contributed by atoms with Gasteiger partial charge in [0.05, 0.1) is 11.2 Å². The smallest absolute Gasteiger partial charge is 0.271 e. The van der Waals surface area contributed by atoms with Crippen molar-refractivity contribution < 1.29 is 17.9 Å². The average Bonchev–Trinajstić information content (AvgIpc) is 2.69. The molecule has 10 heteroatoms. The highest BCUT2D eigenvalue weighted by Gasteiger charge is 2.16. The summed E-state index contributed by atoms with van der Waals surface area (Å²) in [6.45, 7) is 0. The first kappa shape index (κ1) is 21.8. The fraction of sp³-hybridized carbons (Fsp3) is 0. The lowest BCUT2D eigenvalue weighted by Crippen LogP contribution is -2.19. The van der Waals surface area contributed by atoms with E-state index in [2.05, 4.69) is 10.5 Å². The zero-order chi connectivity index (χ0) is 21.7. The summed E-state index contributed by atoms with van der Waals surface area (Å²) < 4.78 is 28.8. The van der Waals surface area contributed by atoms with Crippen molar-refractivity contribution in [2.75, 3.05) is 0 Å². The molecular formula is C20H15Cl2N3O4S. The lowest BCUT2D eigenvalue weighted by molar-refractivity contribution is 0.0955. The van der Waals surface area contributed by atoms with E-state index in [0.29, 0.717) is 22.1 Å². The number of amides is 1. The number of carbonyl (C=O) groups excluding carboxylic acids is 1. The summed E-state index contributed by atoms with van der Waals surface area (Å²) in [4.78, 5) is 11.9. The number of halogens is 2. The normalized spacial score (nSPS) is 11.4. The number of hydrogen-bond donors (Lipinski definition) is 2. The van der Waals surface area contributed by atoms with E-state index in [1.807, 2.05) is 0 Å². The van der Waals surface area contributed by atoms with Gasteiger partial charge in [-0.25, -0.2) is 19.0 Å². The molecule has 0 aliphatic heterocycles. The van der Waals surface area contributed by atoms with Crippen LogP contribution in [-0.2, 0) is 10.0 Å². The van der Waals surface area contributed by atoms with Crippen LogP contribution in [0.5, 0.6) is 11.5 Å². The highest BCUT2D eigenvalue weighted by atomic mass is 35.5. The Morgan fingerprint density at radius 2 is 1.73 bits per heavy atom. The number of nitrogens with zero attached hydrogens (tertiary/aromatic N) is 1. The van der Waals surface area contributed by atoms with Gasteiger partial charge < -0.3 is 4.74 Å². The van der Waals surface area contributed by atoms with E-state index in [1.165, 1.54) is 18.3 Å². The van der Waals surface area contributed by atoms with Crippen LogP contribution in [0.15, 0.2) is 76.7 Å². The maximum atomic E-state index is 12.2. The van der Waals surface area contributed by atoms with Crippen molar-refractivity contribution in [3.05, 3.63) is 87.9 Å². The second-order valence-electron chi connectivity index (χ2n) is 6.02. The second kappa shape index (κ2) is 9.27. The molecule has 0 unspecified atom stereocenters. The number of hydrazone groups is 1. The van der Waals surface area contributed by atoms with Gasteiger partial charge in [0, 0.05) is 10.6 Å². The van der Waals surface area contributed by atoms with Crippen molar-refractivity contribution in [2.45, 2.75) is 4.90 Å². The van der Waals surface area contributed by atoms with Gasteiger partial charge in [0.2, 0.25) is 10.0 Å². The largest absolute Gasteiger partial charge is 0.457 e. The number of nitrogens with one attached hydrogen (secondary N) is 1. The fourth-order valence-electron chi connectivity index (χ4n) is 2.39. The zero-order valence-electron chi connectivity index (χ0n) is 15.2. The van der Waals surface area contributed by atoms with E-state index in [9.17, 15) is 13.2 Å². The first-order valence-electron chi connectivity index (χ1n) is 8.41. The molecular weight excluding hydrogens is 449 g/mol. The van der Waals surface area contributed by atoms with Crippen LogP contribution in [0, 0.1) is 0 Å². The Labute approximate surface area is 183 Å². The number of carbonyl (C=O) groups is 1. The van der Waals surface area contributed by atoms with E-state index in [4.69, 9.17) is 33.1 Å². The molecule has 1 amide bonds. The summed E-state index contributed by atoms with van der Waals surface area (Å²) in [6, 6.07) is 17.7. The van der Waals surface area contributed by atoms with Crippen LogP contribution >= 0.6 is 23.2 Å². The van der Waals surface area contributed by atoms with Crippen LogP contribution in [0.2, 0.25) is 10.0 Å². The van der Waals surface area contributed by atoms with E-state index >= 15 is 0 Å². The molecule has 0 aliphatic carbocycles. The van der Waals surface area contributed by atoms with Gasteiger partial charge in [0.15, 0.2) is 0 Å². The van der Waals surface area contributed by atoms with Crippen molar-refractivity contribution in [1.29, 1.82) is 0 Å². The topological polar surface area (TPSA) is 111 Å². The molecule has 0 saturated carbocycles. The van der Waals surface area contributed by atoms with Crippen LogP contribution in [-0.4, -0.2) is 20.5 Å². The second-order valence-corrected chi connectivity index (χ2v) is 8.39. The number of benzene rings is 3. The first-order valence-corrected chi connectivity index (χ1v) is 10.7. The molecule has 0 atom stereocenters. The van der Waals surface area contributed by atoms with Crippen molar-refractivity contribution in [1.82, 2.24) is 5.43 Å². The molecule has 7 nitrogen and oxygen atoms in total. The molecule has 0 heterocycles. The quantitative estimate of drug-likeness (QED) is 0.421. The Bertz CT molecular complexity index is 1210. The van der Waals surface area contributed by atoms with Crippen LogP contribution in [0.1, 0.15) is 15.9 Å². The minimum atomic E-state index is -4.06. The van der Waals surface area contributed by atoms with Crippen LogP contribution < -0.4 is 15.3 Å². The maximum Gasteiger partial charge on any atom is 0.271 e. The summed E-state index contributed by atoms with van der Waals surface area (Å²) in [5, 5.41) is 9.50. The molecule has 0 aliphatic rings. The summed E-state index contributed by atoms with van der Waals surface area (Å²) in [5.74, 6) is 0.569. The molecule has 3 N–H and O–H groups in total. The Kier molecular flexibility index (Phi) is 6.73. The molecule has 154 valence electrons. The molecule has 0 aromatic heterocycles. The van der Waals surface area contributed by atoms with E-state index < -0.39 is 15.9 Å². The summed E-state index contributed by atoms with van der Waals surface area (Å²) in [6.07, 6.45) is 1.42. The standard InChI is InChI=1S/C20H15Cl2N3O4S/c21-15-5-7-16(8-6-15)29-17-3-1-2-13(10-17)12-24-25-20(26)14-4-9-18(22)19(11-14)30(23,27)28/h1-12H,(H,25,26)(H2,23,27,28). The minimum Gasteiger partial charge on any atom is -0.457 e. The van der Waals surface area contributed by atoms with Crippen LogP contribution in [0.3, 0.4) is 0 Å². The molecule has 0 bridgehead atoms. The van der Waals surface area contributed by atoms with Gasteiger partial charge >= 0.3 is 0 Å². The number of nitrogens with two attached hydrogens (primary N) is 1. The Morgan fingerprint density at radius 1 is 1.00 bits per heavy atom. The molecule has 0 spiro atoms. The molecule has 30 heavy (non-hydrogen) atoms. The zero-order valence-corrected chi connectivity index (χ0v) is 17.6. The molecule has 3 aromatic rings. The molecule has 3 rings (SSSR count). The van der Waals surface area contributed by atoms with Gasteiger partial charge in [-0.15, -0.1) is 0 Å². The van der Waals surface area contributed by atoms with E-state index in [0.717, 1.165) is 6.07 Å². The lowest BCUT2D eigenvalue weighted by Gasteiger charge is -2.06. The number of sulfonamides is 1. The molecule has 3 aromatic carbocycles. The van der Waals surface area contributed by atoms with E-state index in [-0.39, 0.29) is 15.5 Å². The number of hydrogen-bond acceptors (Lipinski definition) is 5. The van der Waals surface area contributed by atoms with Crippen molar-refractivity contribution in [3.63, 3.8) is 0 Å². The predicted octanol–water partition coefficient (Wildman–Crippen LogP) is 4.20. The van der Waals surface area contributed by atoms with Crippen LogP contribution in [0.25, 0.3) is 0 Å². The Balaban J connectivity index is 1.68. The van der Waals surface area contributed by atoms with Gasteiger partial charge in [-0.1, -0.05) is 35.3 Å². The highest BCUT2D eigenvalue weighted by Crippen LogP contribution is 2.24. The highest BCUT2D eigenvalue weighted by molar-refractivity contribution is 7.89. The van der Waals surface area contributed by atoms with Gasteiger partial charge in [0.1, 0.15) is 16.4 Å². The monoisotopic (exact) mass is 463 g/mol. The van der Waals surface area contributed by atoms with Gasteiger partial charge in [-0.05, 0) is 60.2 Å². The number of rotatable bonds is 6. The van der Waals surface area contributed by atoms with E-state index in [1.54, 1.807) is 48.5 Å². The summed E-state index contributed by atoms with van der Waals surface area (Å²) in [7, 11) is -4.06. The average molecular weight is 464 g/mol. The third-order valence-corrected chi connectivity index (χ3v) is 5.43. The first-order chi connectivity index (χ1) is 14.2. The van der Waals surface area contributed by atoms with Crippen LogP contribution in [0.4, 0.5) is 0 Å². The SMILES string of the molecule is NS(=O)(=O)c1cc(C(=O)NN=Cc2cccc(Oc3ccc(Cl)cc3)c2)ccc1Cl. The van der Waals surface area contributed by atoms with Gasteiger partial charge in [-0.3, -0.25) is 4.79 Å². The summed E-state index contributed by atoms with van der Waals surface area (Å²) >= 11 is 11.7. The van der Waals surface area contributed by atoms with Crippen molar-refractivity contribution >= 4 is 45.3 Å². The number of primary sulfonamides is 1. The predicted molar refractivity (Wildman–Crippen MR) is 116 cm³/mol. The third-order valence-electron chi connectivity index (χ3n) is 3.79. The van der Waals surface area contributed by atoms with Gasteiger partial charge in [-0.2, -0.15) is 5.10 Å². The number of ether oxygens (including phenoxy) is 1. The molecule has 0 fully saturated rings. The molecule has 0 radical (unpaired) electrons. The minimum absolute atomic E-state index is 0.0420. The fourth-order valence-corrected chi connectivity index (χ4v) is 3.59. The van der Waals surface area contributed by atoms with Crippen molar-refractivity contribution in [2.24, 2.45) is 10.2 Å². The Morgan fingerprint density at radius 3 is 2.43 bits per heavy atom. The summed E-state index contributed by atoms with van der Waals surface area (Å²) in [5.41, 5.74) is 3.03. The Hall–Kier alpha value is -2.91. The molecule has 0 saturated heterocycles. The third kappa shape index (κ3) is 5.80.